The van der Waals surface area contributed by atoms with Crippen molar-refractivity contribution >= 4 is 5.69 Å². The summed E-state index contributed by atoms with van der Waals surface area (Å²) in [7, 11) is 3.65. The molecule has 2 aromatic rings. The normalized spacial score (nSPS) is 19.0. The van der Waals surface area contributed by atoms with Crippen LogP contribution in [-0.4, -0.2) is 49.4 Å². The summed E-state index contributed by atoms with van der Waals surface area (Å²) in [6.45, 7) is 6.43. The molecule has 0 aliphatic carbocycles. The zero-order chi connectivity index (χ0) is 22.4. The molecule has 0 radical (unpaired) electrons. The molecule has 170 valence electrons. The van der Waals surface area contributed by atoms with Crippen LogP contribution in [0.5, 0.6) is 11.5 Å². The molecule has 1 fully saturated rings. The van der Waals surface area contributed by atoms with Crippen molar-refractivity contribution in [3.8, 4) is 11.5 Å². The summed E-state index contributed by atoms with van der Waals surface area (Å²) in [6, 6.07) is 8.83. The molecule has 1 aromatic heterocycles. The van der Waals surface area contributed by atoms with Gasteiger partial charge in [0.2, 0.25) is 0 Å². The van der Waals surface area contributed by atoms with Gasteiger partial charge in [0.1, 0.15) is 5.69 Å². The van der Waals surface area contributed by atoms with Crippen molar-refractivity contribution in [2.75, 3.05) is 38.7 Å². The second-order valence-electron chi connectivity index (χ2n) is 8.70. The van der Waals surface area contributed by atoms with Crippen LogP contribution in [0, 0.1) is 0 Å². The molecule has 1 aromatic carbocycles. The van der Waals surface area contributed by atoms with Crippen LogP contribution in [0.1, 0.15) is 38.1 Å². The molecule has 0 bridgehead atoms. The van der Waals surface area contributed by atoms with Gasteiger partial charge in [0.25, 0.3) is 0 Å². The topological polar surface area (TPSA) is 29.9 Å². The summed E-state index contributed by atoms with van der Waals surface area (Å²) < 4.78 is 53.2. The Bertz CT molecular complexity index is 931. The van der Waals surface area contributed by atoms with E-state index in [2.05, 4.69) is 9.80 Å². The van der Waals surface area contributed by atoms with Crippen LogP contribution in [0.15, 0.2) is 30.3 Å². The number of likely N-dealkylation sites (N-methyl/N-ethyl adjacent to an activating group) is 1. The smallest absolute Gasteiger partial charge is 0.431 e. The maximum atomic E-state index is 13.5. The first-order valence-corrected chi connectivity index (χ1v) is 10.7. The van der Waals surface area contributed by atoms with Crippen molar-refractivity contribution in [3.63, 3.8) is 0 Å². The summed E-state index contributed by atoms with van der Waals surface area (Å²) in [4.78, 5) is 4.51. The minimum Gasteiger partial charge on any atom is -0.493 e. The SMILES string of the molecule is COc1cc(N2CCC3(CC2)c2ccc(C(F)(F)F)n2CCN3C)ccc1OC(C)C. The fraction of sp³-hybridized carbons (Fsp3) is 0.565. The number of piperidine rings is 1. The minimum atomic E-state index is -4.33. The van der Waals surface area contributed by atoms with E-state index >= 15 is 0 Å². The molecule has 0 saturated carbocycles. The number of anilines is 1. The number of alkyl halides is 3. The van der Waals surface area contributed by atoms with Crippen LogP contribution in [0.3, 0.4) is 0 Å². The van der Waals surface area contributed by atoms with E-state index in [-0.39, 0.29) is 11.6 Å². The van der Waals surface area contributed by atoms with Gasteiger partial charge in [-0.25, -0.2) is 0 Å². The molecule has 2 aliphatic rings. The fourth-order valence-electron chi connectivity index (χ4n) is 5.00. The number of rotatable bonds is 4. The maximum absolute atomic E-state index is 13.5. The van der Waals surface area contributed by atoms with Crippen molar-refractivity contribution in [1.29, 1.82) is 0 Å². The predicted molar refractivity (Wildman–Crippen MR) is 114 cm³/mol. The maximum Gasteiger partial charge on any atom is 0.431 e. The molecule has 2 aliphatic heterocycles. The molecule has 1 spiro atoms. The molecule has 4 rings (SSSR count). The Morgan fingerprint density at radius 1 is 0.968 bits per heavy atom. The molecule has 0 N–H and O–H groups in total. The van der Waals surface area contributed by atoms with Crippen LogP contribution in [0.2, 0.25) is 0 Å². The number of methoxy groups -OCH3 is 1. The van der Waals surface area contributed by atoms with Crippen molar-refractivity contribution in [2.24, 2.45) is 0 Å². The highest BCUT2D eigenvalue weighted by Gasteiger charge is 2.47. The summed E-state index contributed by atoms with van der Waals surface area (Å²) >= 11 is 0. The molecule has 8 heteroatoms. The lowest BCUT2D eigenvalue weighted by atomic mass is 9.81. The van der Waals surface area contributed by atoms with E-state index in [1.165, 1.54) is 10.6 Å². The Kier molecular flexibility index (Phi) is 5.62. The van der Waals surface area contributed by atoms with E-state index in [0.29, 0.717) is 24.6 Å². The predicted octanol–water partition coefficient (Wildman–Crippen LogP) is 4.74. The summed E-state index contributed by atoms with van der Waals surface area (Å²) in [5, 5.41) is 0. The number of fused-ring (bicyclic) bond motifs is 2. The van der Waals surface area contributed by atoms with Crippen molar-refractivity contribution < 1.29 is 22.6 Å². The highest BCUT2D eigenvalue weighted by molar-refractivity contribution is 5.57. The van der Waals surface area contributed by atoms with E-state index in [1.54, 1.807) is 13.2 Å². The molecule has 1 saturated heterocycles. The Hall–Kier alpha value is -2.35. The lowest BCUT2D eigenvalue weighted by Gasteiger charge is -2.51. The van der Waals surface area contributed by atoms with Crippen LogP contribution in [0.25, 0.3) is 0 Å². The molecule has 5 nitrogen and oxygen atoms in total. The lowest BCUT2D eigenvalue weighted by Crippen LogP contribution is -2.56. The first-order chi connectivity index (χ1) is 14.7. The number of hydrogen-bond donors (Lipinski definition) is 0. The molecule has 0 atom stereocenters. The third kappa shape index (κ3) is 3.86. The Morgan fingerprint density at radius 3 is 2.29 bits per heavy atom. The minimum absolute atomic E-state index is 0.0502. The summed E-state index contributed by atoms with van der Waals surface area (Å²) in [5.41, 5.74) is 0.908. The number of aromatic nitrogens is 1. The summed E-state index contributed by atoms with van der Waals surface area (Å²) in [6.07, 6.45) is -2.75. The van der Waals surface area contributed by atoms with E-state index in [0.717, 1.165) is 37.3 Å². The molecule has 0 amide bonds. The van der Waals surface area contributed by atoms with Crippen LogP contribution < -0.4 is 14.4 Å². The first kappa shape index (κ1) is 21.9. The molecular weight excluding hydrogens is 407 g/mol. The van der Waals surface area contributed by atoms with Crippen LogP contribution in [0.4, 0.5) is 18.9 Å². The third-order valence-corrected chi connectivity index (χ3v) is 6.60. The molecule has 3 heterocycles. The summed E-state index contributed by atoms with van der Waals surface area (Å²) in [5.74, 6) is 1.39. The van der Waals surface area contributed by atoms with Gasteiger partial charge in [0, 0.05) is 43.6 Å². The van der Waals surface area contributed by atoms with Crippen molar-refractivity contribution in [2.45, 2.75) is 51.1 Å². The van der Waals surface area contributed by atoms with Gasteiger partial charge in [-0.15, -0.1) is 0 Å². The van der Waals surface area contributed by atoms with Crippen LogP contribution >= 0.6 is 0 Å². The van der Waals surface area contributed by atoms with E-state index in [1.807, 2.05) is 39.1 Å². The Labute approximate surface area is 181 Å². The largest absolute Gasteiger partial charge is 0.493 e. The monoisotopic (exact) mass is 437 g/mol. The average Bonchev–Trinajstić information content (AvgIpc) is 3.17. The van der Waals surface area contributed by atoms with E-state index in [9.17, 15) is 13.2 Å². The number of hydrogen-bond acceptors (Lipinski definition) is 4. The van der Waals surface area contributed by atoms with Gasteiger partial charge >= 0.3 is 6.18 Å². The van der Waals surface area contributed by atoms with Crippen LogP contribution in [-0.2, 0) is 18.3 Å². The lowest BCUT2D eigenvalue weighted by molar-refractivity contribution is -0.144. The fourth-order valence-corrected chi connectivity index (χ4v) is 5.00. The highest BCUT2D eigenvalue weighted by atomic mass is 19.4. The first-order valence-electron chi connectivity index (χ1n) is 10.7. The van der Waals surface area contributed by atoms with Gasteiger partial charge in [-0.3, -0.25) is 4.90 Å². The number of halogens is 3. The quantitative estimate of drug-likeness (QED) is 0.691. The third-order valence-electron chi connectivity index (χ3n) is 6.60. The second-order valence-corrected chi connectivity index (χ2v) is 8.70. The number of benzene rings is 1. The van der Waals surface area contributed by atoms with Gasteiger partial charge < -0.3 is 18.9 Å². The second kappa shape index (κ2) is 7.97. The Morgan fingerprint density at radius 2 is 1.68 bits per heavy atom. The van der Waals surface area contributed by atoms with Gasteiger partial charge in [-0.2, -0.15) is 13.2 Å². The van der Waals surface area contributed by atoms with E-state index < -0.39 is 11.9 Å². The number of nitrogens with zero attached hydrogens (tertiary/aromatic N) is 3. The number of ether oxygens (including phenoxy) is 2. The molecule has 0 unspecified atom stereocenters. The standard InChI is InChI=1S/C23H30F3N3O2/c1-16(2)31-18-6-5-17(15-19(18)30-4)28-11-9-22(10-12-28)20-7-8-21(23(24,25)26)29(20)14-13-27(22)3/h5-8,15-16H,9-14H2,1-4H3. The van der Waals surface area contributed by atoms with Gasteiger partial charge in [-0.1, -0.05) is 0 Å². The average molecular weight is 438 g/mol. The zero-order valence-corrected chi connectivity index (χ0v) is 18.5. The van der Waals surface area contributed by atoms with Gasteiger partial charge in [0.05, 0.1) is 18.8 Å². The van der Waals surface area contributed by atoms with E-state index in [4.69, 9.17) is 9.47 Å². The molecule has 31 heavy (non-hydrogen) atoms. The molecular formula is C23H30F3N3O2. The zero-order valence-electron chi connectivity index (χ0n) is 18.5. The van der Waals surface area contributed by atoms with Gasteiger partial charge in [-0.05, 0) is 58.0 Å². The Balaban J connectivity index is 1.57. The van der Waals surface area contributed by atoms with Crippen molar-refractivity contribution in [3.05, 3.63) is 41.7 Å². The van der Waals surface area contributed by atoms with Gasteiger partial charge in [0.15, 0.2) is 11.5 Å². The van der Waals surface area contributed by atoms with Crippen molar-refractivity contribution in [1.82, 2.24) is 9.47 Å². The highest BCUT2D eigenvalue weighted by Crippen LogP contribution is 2.45.